The third-order valence-electron chi connectivity index (χ3n) is 3.73. The second kappa shape index (κ2) is 7.01. The molecule has 0 aliphatic carbocycles. The molecule has 3 rings (SSSR count). The molecule has 110 valence electrons. The van der Waals surface area contributed by atoms with E-state index in [1.807, 2.05) is 24.8 Å². The van der Waals surface area contributed by atoms with Gasteiger partial charge in [-0.2, -0.15) is 0 Å². The van der Waals surface area contributed by atoms with E-state index in [1.165, 1.54) is 21.8 Å². The summed E-state index contributed by atoms with van der Waals surface area (Å²) in [6, 6.07) is 17.1. The van der Waals surface area contributed by atoms with Crippen LogP contribution in [-0.2, 0) is 6.54 Å². The highest BCUT2D eigenvalue weighted by atomic mass is 32.2. The lowest BCUT2D eigenvalue weighted by molar-refractivity contribution is 0.340. The van der Waals surface area contributed by atoms with Crippen molar-refractivity contribution in [3.63, 3.8) is 0 Å². The fraction of sp³-hybridized carbons (Fsp3) is 0.333. The molecule has 1 atom stereocenters. The van der Waals surface area contributed by atoms with Gasteiger partial charge in [-0.25, -0.2) is 0 Å². The Balaban J connectivity index is 1.54. The molecule has 21 heavy (non-hydrogen) atoms. The van der Waals surface area contributed by atoms with E-state index in [0.717, 1.165) is 18.8 Å². The van der Waals surface area contributed by atoms with Crippen LogP contribution < -0.4 is 10.1 Å². The molecule has 0 radical (unpaired) electrons. The van der Waals surface area contributed by atoms with Gasteiger partial charge in [0, 0.05) is 29.7 Å². The number of ether oxygens (including phenoxy) is 1. The molecule has 3 heteroatoms. The van der Waals surface area contributed by atoms with Gasteiger partial charge in [0.1, 0.15) is 5.75 Å². The maximum atomic E-state index is 5.54. The zero-order chi connectivity index (χ0) is 14.5. The fourth-order valence-corrected chi connectivity index (χ4v) is 3.96. The Kier molecular flexibility index (Phi) is 4.84. The van der Waals surface area contributed by atoms with Gasteiger partial charge in [-0.3, -0.25) is 0 Å². The standard InChI is InChI=1S/C18H21NOS/c1-2-20-16-7-5-6-14(10-16)11-19-12-15-13-21-18-9-4-3-8-17(15)18/h3-10,15,19H,2,11-13H2,1H3. The maximum absolute atomic E-state index is 5.54. The summed E-state index contributed by atoms with van der Waals surface area (Å²) in [4.78, 5) is 1.45. The Bertz CT molecular complexity index is 599. The second-order valence-electron chi connectivity index (χ2n) is 5.26. The quantitative estimate of drug-likeness (QED) is 0.869. The summed E-state index contributed by atoms with van der Waals surface area (Å²) in [5.74, 6) is 2.77. The predicted octanol–water partition coefficient (Wildman–Crippen LogP) is 4.06. The second-order valence-corrected chi connectivity index (χ2v) is 6.32. The molecular weight excluding hydrogens is 278 g/mol. The Morgan fingerprint density at radius 3 is 3.00 bits per heavy atom. The van der Waals surface area contributed by atoms with E-state index in [-0.39, 0.29) is 0 Å². The van der Waals surface area contributed by atoms with Gasteiger partial charge in [0.2, 0.25) is 0 Å². The minimum atomic E-state index is 0.626. The molecule has 0 bridgehead atoms. The number of fused-ring (bicyclic) bond motifs is 1. The monoisotopic (exact) mass is 299 g/mol. The van der Waals surface area contributed by atoms with Crippen LogP contribution in [0.2, 0.25) is 0 Å². The normalized spacial score (nSPS) is 16.7. The summed E-state index contributed by atoms with van der Waals surface area (Å²) in [7, 11) is 0. The van der Waals surface area contributed by atoms with Crippen LogP contribution in [0.15, 0.2) is 53.4 Å². The van der Waals surface area contributed by atoms with E-state index in [9.17, 15) is 0 Å². The lowest BCUT2D eigenvalue weighted by Crippen LogP contribution is -2.21. The SMILES string of the molecule is CCOc1cccc(CNCC2CSc3ccccc32)c1. The van der Waals surface area contributed by atoms with Crippen molar-refractivity contribution in [3.8, 4) is 5.75 Å². The third-order valence-corrected chi connectivity index (χ3v) is 4.98. The molecule has 2 nitrogen and oxygen atoms in total. The van der Waals surface area contributed by atoms with Crippen molar-refractivity contribution in [3.05, 3.63) is 59.7 Å². The summed E-state index contributed by atoms with van der Waals surface area (Å²) >= 11 is 1.97. The van der Waals surface area contributed by atoms with Crippen molar-refractivity contribution in [1.82, 2.24) is 5.32 Å². The lowest BCUT2D eigenvalue weighted by atomic mass is 10.0. The van der Waals surface area contributed by atoms with Crippen molar-refractivity contribution in [2.75, 3.05) is 18.9 Å². The zero-order valence-corrected chi connectivity index (χ0v) is 13.2. The third kappa shape index (κ3) is 3.60. The summed E-state index contributed by atoms with van der Waals surface area (Å²) in [5.41, 5.74) is 2.78. The fourth-order valence-electron chi connectivity index (χ4n) is 2.70. The van der Waals surface area contributed by atoms with Gasteiger partial charge < -0.3 is 10.1 Å². The minimum Gasteiger partial charge on any atom is -0.494 e. The predicted molar refractivity (Wildman–Crippen MR) is 89.2 cm³/mol. The first kappa shape index (κ1) is 14.5. The number of thioether (sulfide) groups is 1. The van der Waals surface area contributed by atoms with Crippen molar-refractivity contribution >= 4 is 11.8 Å². The van der Waals surface area contributed by atoms with E-state index >= 15 is 0 Å². The number of benzene rings is 2. The molecule has 0 aromatic heterocycles. The van der Waals surface area contributed by atoms with Gasteiger partial charge in [-0.05, 0) is 36.2 Å². The number of nitrogens with one attached hydrogen (secondary N) is 1. The molecule has 2 aromatic carbocycles. The average Bonchev–Trinajstić information content (AvgIpc) is 2.92. The van der Waals surface area contributed by atoms with Gasteiger partial charge >= 0.3 is 0 Å². The van der Waals surface area contributed by atoms with Crippen LogP contribution in [0.4, 0.5) is 0 Å². The van der Waals surface area contributed by atoms with Crippen LogP contribution in [0, 0.1) is 0 Å². The molecule has 1 heterocycles. The van der Waals surface area contributed by atoms with Gasteiger partial charge in [-0.15, -0.1) is 11.8 Å². The molecule has 1 N–H and O–H groups in total. The number of hydrogen-bond acceptors (Lipinski definition) is 3. The van der Waals surface area contributed by atoms with Crippen LogP contribution in [0.25, 0.3) is 0 Å². The molecule has 0 saturated carbocycles. The Hall–Kier alpha value is -1.45. The van der Waals surface area contributed by atoms with Crippen LogP contribution >= 0.6 is 11.8 Å². The molecule has 0 amide bonds. The smallest absolute Gasteiger partial charge is 0.119 e. The van der Waals surface area contributed by atoms with E-state index < -0.39 is 0 Å². The highest BCUT2D eigenvalue weighted by molar-refractivity contribution is 7.99. The van der Waals surface area contributed by atoms with E-state index in [4.69, 9.17) is 4.74 Å². The van der Waals surface area contributed by atoms with Gasteiger partial charge in [0.15, 0.2) is 0 Å². The van der Waals surface area contributed by atoms with Crippen LogP contribution in [0.5, 0.6) is 5.75 Å². The molecule has 0 fully saturated rings. The average molecular weight is 299 g/mol. The van der Waals surface area contributed by atoms with Crippen LogP contribution in [-0.4, -0.2) is 18.9 Å². The number of hydrogen-bond donors (Lipinski definition) is 1. The lowest BCUT2D eigenvalue weighted by Gasteiger charge is -2.12. The van der Waals surface area contributed by atoms with Crippen LogP contribution in [0.3, 0.4) is 0 Å². The molecule has 1 aliphatic rings. The molecule has 2 aromatic rings. The molecule has 1 unspecified atom stereocenters. The van der Waals surface area contributed by atoms with E-state index in [0.29, 0.717) is 12.5 Å². The minimum absolute atomic E-state index is 0.626. The van der Waals surface area contributed by atoms with Gasteiger partial charge in [-0.1, -0.05) is 30.3 Å². The Morgan fingerprint density at radius 2 is 2.10 bits per heavy atom. The molecule has 0 saturated heterocycles. The Labute approximate surface area is 130 Å². The van der Waals surface area contributed by atoms with Crippen molar-refractivity contribution in [2.24, 2.45) is 0 Å². The summed E-state index contributed by atoms with van der Waals surface area (Å²) in [5, 5.41) is 3.58. The first-order valence-electron chi connectivity index (χ1n) is 7.51. The molecule has 0 spiro atoms. The topological polar surface area (TPSA) is 21.3 Å². The first-order valence-corrected chi connectivity index (χ1v) is 8.49. The summed E-state index contributed by atoms with van der Waals surface area (Å²) < 4.78 is 5.54. The molecular formula is C18H21NOS. The molecule has 1 aliphatic heterocycles. The Morgan fingerprint density at radius 1 is 1.19 bits per heavy atom. The largest absolute Gasteiger partial charge is 0.494 e. The first-order chi connectivity index (χ1) is 10.4. The highest BCUT2D eigenvalue weighted by Crippen LogP contribution is 2.38. The van der Waals surface area contributed by atoms with Crippen molar-refractivity contribution in [1.29, 1.82) is 0 Å². The van der Waals surface area contributed by atoms with Gasteiger partial charge in [0.25, 0.3) is 0 Å². The van der Waals surface area contributed by atoms with Crippen molar-refractivity contribution < 1.29 is 4.74 Å². The van der Waals surface area contributed by atoms with E-state index in [2.05, 4.69) is 47.8 Å². The van der Waals surface area contributed by atoms with Gasteiger partial charge in [0.05, 0.1) is 6.61 Å². The van der Waals surface area contributed by atoms with Crippen LogP contribution in [0.1, 0.15) is 24.0 Å². The zero-order valence-electron chi connectivity index (χ0n) is 12.3. The number of rotatable bonds is 6. The van der Waals surface area contributed by atoms with E-state index in [1.54, 1.807) is 0 Å². The van der Waals surface area contributed by atoms with Crippen molar-refractivity contribution in [2.45, 2.75) is 24.3 Å². The highest BCUT2D eigenvalue weighted by Gasteiger charge is 2.21. The summed E-state index contributed by atoms with van der Waals surface area (Å²) in [6.07, 6.45) is 0. The summed E-state index contributed by atoms with van der Waals surface area (Å²) in [6.45, 7) is 4.65. The maximum Gasteiger partial charge on any atom is 0.119 e.